The van der Waals surface area contributed by atoms with E-state index in [1.165, 1.54) is 0 Å². The zero-order chi connectivity index (χ0) is 19.6. The summed E-state index contributed by atoms with van der Waals surface area (Å²) in [5.74, 6) is -0.258. The van der Waals surface area contributed by atoms with Gasteiger partial charge in [-0.15, -0.1) is 0 Å². The average Bonchev–Trinajstić information content (AvgIpc) is 2.69. The van der Waals surface area contributed by atoms with Gasteiger partial charge in [0, 0.05) is 38.3 Å². The van der Waals surface area contributed by atoms with Crippen molar-refractivity contribution in [1.82, 2.24) is 9.47 Å². The minimum absolute atomic E-state index is 0.0507. The lowest BCUT2D eigenvalue weighted by Gasteiger charge is -2.32. The van der Waals surface area contributed by atoms with Crippen molar-refractivity contribution in [1.29, 1.82) is 0 Å². The van der Waals surface area contributed by atoms with Crippen molar-refractivity contribution in [3.05, 3.63) is 58.5 Å². The van der Waals surface area contributed by atoms with Crippen LogP contribution in [0.5, 0.6) is 0 Å². The maximum absolute atomic E-state index is 13.3. The molecule has 144 valence electrons. The molecule has 6 heteroatoms. The molecule has 0 spiro atoms. The number of nitrogens with zero attached hydrogens (tertiary/aromatic N) is 2. The van der Waals surface area contributed by atoms with Crippen LogP contribution in [0, 0.1) is 0 Å². The van der Waals surface area contributed by atoms with E-state index in [2.05, 4.69) is 0 Å². The lowest BCUT2D eigenvalue weighted by Crippen LogP contribution is -2.49. The fraction of sp³-hybridized carbons (Fsp3) is 0.429. The number of likely N-dealkylation sites (tertiary alicyclic amines) is 1. The van der Waals surface area contributed by atoms with Gasteiger partial charge in [-0.25, -0.2) is 4.39 Å². The number of carbonyl (C=O) groups excluding carboxylic acids is 1. The van der Waals surface area contributed by atoms with Gasteiger partial charge in [0.2, 0.25) is 11.5 Å². The summed E-state index contributed by atoms with van der Waals surface area (Å²) in [7, 11) is 1.72. The van der Waals surface area contributed by atoms with Crippen molar-refractivity contribution in [2.24, 2.45) is 12.8 Å². The highest BCUT2D eigenvalue weighted by molar-refractivity contribution is 5.83. The summed E-state index contributed by atoms with van der Waals surface area (Å²) in [6.45, 7) is 2.81. The second-order valence-electron chi connectivity index (χ2n) is 7.30. The maximum Gasteiger partial charge on any atom is 0.250 e. The molecule has 0 aliphatic carbocycles. The van der Waals surface area contributed by atoms with Gasteiger partial charge in [-0.05, 0) is 35.6 Å². The van der Waals surface area contributed by atoms with E-state index in [9.17, 15) is 14.0 Å². The molecule has 2 atom stereocenters. The number of benzene rings is 1. The second kappa shape index (κ2) is 8.05. The molecular formula is C21H26FN3O2. The number of carbonyl (C=O) groups is 1. The van der Waals surface area contributed by atoms with Gasteiger partial charge in [-0.3, -0.25) is 9.59 Å². The van der Waals surface area contributed by atoms with Crippen LogP contribution in [0.1, 0.15) is 31.2 Å². The molecule has 5 nitrogen and oxygen atoms in total. The van der Waals surface area contributed by atoms with E-state index in [4.69, 9.17) is 5.73 Å². The van der Waals surface area contributed by atoms with Crippen molar-refractivity contribution < 1.29 is 9.18 Å². The van der Waals surface area contributed by atoms with Crippen LogP contribution in [0.25, 0.3) is 11.1 Å². The molecule has 0 radical (unpaired) electrons. The second-order valence-corrected chi connectivity index (χ2v) is 7.30. The van der Waals surface area contributed by atoms with E-state index < -0.39 is 12.2 Å². The first-order valence-electron chi connectivity index (χ1n) is 9.32. The molecule has 0 bridgehead atoms. The fourth-order valence-corrected chi connectivity index (χ4v) is 3.44. The highest BCUT2D eigenvalue weighted by Crippen LogP contribution is 2.25. The van der Waals surface area contributed by atoms with Gasteiger partial charge in [0.05, 0.1) is 6.04 Å². The lowest BCUT2D eigenvalue weighted by molar-refractivity contribution is -0.134. The Labute approximate surface area is 158 Å². The summed E-state index contributed by atoms with van der Waals surface area (Å²) < 4.78 is 14.8. The summed E-state index contributed by atoms with van der Waals surface area (Å²) >= 11 is 0. The first kappa shape index (κ1) is 19.3. The van der Waals surface area contributed by atoms with E-state index >= 15 is 0 Å². The molecule has 1 fully saturated rings. The highest BCUT2D eigenvalue weighted by Gasteiger charge is 2.29. The number of nitrogens with two attached hydrogens (primary N) is 1. The van der Waals surface area contributed by atoms with E-state index in [0.29, 0.717) is 25.9 Å². The molecule has 1 aliphatic rings. The Balaban J connectivity index is 1.71. The number of alkyl halides is 1. The quantitative estimate of drug-likeness (QED) is 0.898. The number of aromatic nitrogens is 1. The maximum atomic E-state index is 13.3. The minimum Gasteiger partial charge on any atom is -0.341 e. The first-order valence-corrected chi connectivity index (χ1v) is 9.32. The Bertz CT molecular complexity index is 854. The molecule has 2 heterocycles. The standard InChI is InChI=1S/C21H26FN3O2/c1-14(20(23)21(27)25-11-9-18(22)10-12-25)15-3-5-16(6-4-15)17-7-8-19(26)24(2)13-17/h3-8,13-14,18,20H,9-12,23H2,1-2H3/t14-,20-/m0/s1. The topological polar surface area (TPSA) is 68.3 Å². The van der Waals surface area contributed by atoms with Gasteiger partial charge in [-0.1, -0.05) is 31.2 Å². The van der Waals surface area contributed by atoms with Crippen LogP contribution in [0.4, 0.5) is 4.39 Å². The van der Waals surface area contributed by atoms with E-state index in [0.717, 1.165) is 16.7 Å². The summed E-state index contributed by atoms with van der Waals surface area (Å²) in [5, 5.41) is 0. The fourth-order valence-electron chi connectivity index (χ4n) is 3.44. The molecule has 1 saturated heterocycles. The zero-order valence-corrected chi connectivity index (χ0v) is 15.8. The summed E-state index contributed by atoms with van der Waals surface area (Å²) in [5.41, 5.74) is 9.09. The van der Waals surface area contributed by atoms with Crippen LogP contribution in [0.15, 0.2) is 47.4 Å². The molecule has 2 aromatic rings. The molecule has 0 saturated carbocycles. The number of pyridine rings is 1. The molecular weight excluding hydrogens is 345 g/mol. The van der Waals surface area contributed by atoms with Crippen LogP contribution < -0.4 is 11.3 Å². The first-order chi connectivity index (χ1) is 12.9. The molecule has 1 aromatic carbocycles. The number of rotatable bonds is 4. The minimum atomic E-state index is -0.812. The Morgan fingerprint density at radius 2 is 1.70 bits per heavy atom. The Morgan fingerprint density at radius 3 is 2.30 bits per heavy atom. The summed E-state index contributed by atoms with van der Waals surface area (Å²) in [4.78, 5) is 25.8. The molecule has 1 aromatic heterocycles. The van der Waals surface area contributed by atoms with Gasteiger partial charge in [0.1, 0.15) is 6.17 Å². The summed E-state index contributed by atoms with van der Waals surface area (Å²) in [6, 6.07) is 10.6. The van der Waals surface area contributed by atoms with Crippen molar-refractivity contribution in [3.63, 3.8) is 0 Å². The van der Waals surface area contributed by atoms with Crippen LogP contribution >= 0.6 is 0 Å². The van der Waals surface area contributed by atoms with Gasteiger partial charge in [0.15, 0.2) is 0 Å². The van der Waals surface area contributed by atoms with Gasteiger partial charge >= 0.3 is 0 Å². The van der Waals surface area contributed by atoms with Crippen LogP contribution in [-0.2, 0) is 11.8 Å². The Hall–Kier alpha value is -2.47. The Kier molecular flexibility index (Phi) is 5.75. The molecule has 2 N–H and O–H groups in total. The zero-order valence-electron chi connectivity index (χ0n) is 15.8. The normalized spacial score (nSPS) is 17.6. The number of aryl methyl sites for hydroxylation is 1. The SMILES string of the molecule is C[C@@H](c1ccc(-c2ccc(=O)n(C)c2)cc1)[C@H](N)C(=O)N1CCC(F)CC1. The van der Waals surface area contributed by atoms with E-state index in [1.807, 2.05) is 31.2 Å². The third-order valence-electron chi connectivity index (χ3n) is 5.42. The van der Waals surface area contributed by atoms with Crippen molar-refractivity contribution in [2.45, 2.75) is 37.9 Å². The smallest absolute Gasteiger partial charge is 0.250 e. The molecule has 0 unspecified atom stereocenters. The largest absolute Gasteiger partial charge is 0.341 e. The number of amides is 1. The van der Waals surface area contributed by atoms with E-state index in [1.54, 1.807) is 34.8 Å². The van der Waals surface area contributed by atoms with E-state index in [-0.39, 0.29) is 17.4 Å². The summed E-state index contributed by atoms with van der Waals surface area (Å²) in [6.07, 6.45) is 1.76. The predicted molar refractivity (Wildman–Crippen MR) is 104 cm³/mol. The molecule has 1 amide bonds. The van der Waals surface area contributed by atoms with Crippen molar-refractivity contribution in [2.75, 3.05) is 13.1 Å². The van der Waals surface area contributed by atoms with Gasteiger partial charge in [-0.2, -0.15) is 0 Å². The molecule has 3 rings (SSSR count). The third-order valence-corrected chi connectivity index (χ3v) is 5.42. The number of hydrogen-bond donors (Lipinski definition) is 1. The third kappa shape index (κ3) is 4.27. The number of hydrogen-bond acceptors (Lipinski definition) is 3. The van der Waals surface area contributed by atoms with Crippen molar-refractivity contribution in [3.8, 4) is 11.1 Å². The van der Waals surface area contributed by atoms with Gasteiger partial charge < -0.3 is 15.2 Å². The molecule has 27 heavy (non-hydrogen) atoms. The number of piperidine rings is 1. The number of halogens is 1. The molecule has 1 aliphatic heterocycles. The monoisotopic (exact) mass is 371 g/mol. The van der Waals surface area contributed by atoms with Crippen molar-refractivity contribution >= 4 is 5.91 Å². The average molecular weight is 371 g/mol. The lowest BCUT2D eigenvalue weighted by atomic mass is 9.91. The Morgan fingerprint density at radius 1 is 1.11 bits per heavy atom. The van der Waals surface area contributed by atoms with Crippen LogP contribution in [0.3, 0.4) is 0 Å². The van der Waals surface area contributed by atoms with Crippen LogP contribution in [0.2, 0.25) is 0 Å². The highest BCUT2D eigenvalue weighted by atomic mass is 19.1. The predicted octanol–water partition coefficient (Wildman–Crippen LogP) is 2.44. The van der Waals surface area contributed by atoms with Gasteiger partial charge in [0.25, 0.3) is 0 Å². The van der Waals surface area contributed by atoms with Crippen LogP contribution in [-0.4, -0.2) is 40.7 Å².